The van der Waals surface area contributed by atoms with Gasteiger partial charge in [0, 0.05) is 13.1 Å². The van der Waals surface area contributed by atoms with Gasteiger partial charge in [-0.3, -0.25) is 0 Å². The number of hydrogen-bond acceptors (Lipinski definition) is 3. The van der Waals surface area contributed by atoms with Crippen molar-refractivity contribution in [3.63, 3.8) is 0 Å². The summed E-state index contributed by atoms with van der Waals surface area (Å²) >= 11 is 0. The molecule has 1 aromatic carbocycles. The second kappa shape index (κ2) is 4.44. The van der Waals surface area contributed by atoms with Gasteiger partial charge in [0.2, 0.25) is 0 Å². The van der Waals surface area contributed by atoms with E-state index in [-0.39, 0.29) is 0 Å². The molecular weight excluding hydrogens is 198 g/mol. The SMILES string of the molecule is CC1CCN(c2ccc(C#N)cc2N)CC1. The number of anilines is 2. The lowest BCUT2D eigenvalue weighted by molar-refractivity contribution is 0.439. The van der Waals surface area contributed by atoms with Crippen LogP contribution in [0.5, 0.6) is 0 Å². The zero-order valence-electron chi connectivity index (χ0n) is 9.61. The molecule has 0 saturated carbocycles. The fraction of sp³-hybridized carbons (Fsp3) is 0.462. The lowest BCUT2D eigenvalue weighted by Gasteiger charge is -2.32. The Labute approximate surface area is 96.5 Å². The smallest absolute Gasteiger partial charge is 0.0992 e. The summed E-state index contributed by atoms with van der Waals surface area (Å²) < 4.78 is 0. The van der Waals surface area contributed by atoms with Crippen LogP contribution in [0.2, 0.25) is 0 Å². The minimum Gasteiger partial charge on any atom is -0.397 e. The van der Waals surface area contributed by atoms with Crippen LogP contribution in [0, 0.1) is 17.2 Å². The molecule has 2 N–H and O–H groups in total. The Kier molecular flexibility index (Phi) is 3.00. The summed E-state index contributed by atoms with van der Waals surface area (Å²) in [6.07, 6.45) is 2.44. The Morgan fingerprint density at radius 1 is 1.38 bits per heavy atom. The van der Waals surface area contributed by atoms with Crippen molar-refractivity contribution in [3.8, 4) is 6.07 Å². The third-order valence-corrected chi connectivity index (χ3v) is 3.28. The predicted molar refractivity (Wildman–Crippen MR) is 66.2 cm³/mol. The number of rotatable bonds is 1. The fourth-order valence-electron chi connectivity index (χ4n) is 2.16. The number of nitrogens with two attached hydrogens (primary N) is 1. The van der Waals surface area contributed by atoms with Crippen LogP contribution in [0.15, 0.2) is 18.2 Å². The van der Waals surface area contributed by atoms with Crippen LogP contribution < -0.4 is 10.6 Å². The first-order chi connectivity index (χ1) is 7.70. The Morgan fingerprint density at radius 3 is 2.62 bits per heavy atom. The van der Waals surface area contributed by atoms with Crippen molar-refractivity contribution in [2.45, 2.75) is 19.8 Å². The molecule has 0 spiro atoms. The summed E-state index contributed by atoms with van der Waals surface area (Å²) in [6, 6.07) is 7.66. The number of benzene rings is 1. The molecule has 1 fully saturated rings. The summed E-state index contributed by atoms with van der Waals surface area (Å²) in [6.45, 7) is 4.42. The molecule has 3 nitrogen and oxygen atoms in total. The van der Waals surface area contributed by atoms with Crippen LogP contribution in [-0.2, 0) is 0 Å². The third-order valence-electron chi connectivity index (χ3n) is 3.28. The van der Waals surface area contributed by atoms with E-state index in [2.05, 4.69) is 17.9 Å². The van der Waals surface area contributed by atoms with E-state index >= 15 is 0 Å². The van der Waals surface area contributed by atoms with Crippen LogP contribution >= 0.6 is 0 Å². The number of nitriles is 1. The van der Waals surface area contributed by atoms with Crippen molar-refractivity contribution < 1.29 is 0 Å². The third kappa shape index (κ3) is 2.11. The highest BCUT2D eigenvalue weighted by molar-refractivity contribution is 5.69. The summed E-state index contributed by atoms with van der Waals surface area (Å²) in [4.78, 5) is 2.32. The van der Waals surface area contributed by atoms with E-state index in [4.69, 9.17) is 11.0 Å². The van der Waals surface area contributed by atoms with Gasteiger partial charge < -0.3 is 10.6 Å². The van der Waals surface area contributed by atoms with Crippen LogP contribution in [-0.4, -0.2) is 13.1 Å². The average Bonchev–Trinajstić information content (AvgIpc) is 2.30. The van der Waals surface area contributed by atoms with E-state index in [1.54, 1.807) is 6.07 Å². The minimum absolute atomic E-state index is 0.631. The van der Waals surface area contributed by atoms with Gasteiger partial charge in [-0.2, -0.15) is 5.26 Å². The fourth-order valence-corrected chi connectivity index (χ4v) is 2.16. The highest BCUT2D eigenvalue weighted by Crippen LogP contribution is 2.28. The Bertz CT molecular complexity index is 412. The molecule has 16 heavy (non-hydrogen) atoms. The Morgan fingerprint density at radius 2 is 2.06 bits per heavy atom. The second-order valence-electron chi connectivity index (χ2n) is 4.55. The molecule has 0 atom stereocenters. The van der Waals surface area contributed by atoms with Crippen LogP contribution in [0.1, 0.15) is 25.3 Å². The average molecular weight is 215 g/mol. The zero-order chi connectivity index (χ0) is 11.5. The first kappa shape index (κ1) is 10.8. The maximum absolute atomic E-state index is 8.78. The van der Waals surface area contributed by atoms with Crippen molar-refractivity contribution in [1.82, 2.24) is 0 Å². The molecule has 0 aliphatic carbocycles. The van der Waals surface area contributed by atoms with Crippen molar-refractivity contribution in [2.24, 2.45) is 5.92 Å². The summed E-state index contributed by atoms with van der Waals surface area (Å²) in [5.41, 5.74) is 8.39. The van der Waals surface area contributed by atoms with Gasteiger partial charge in [-0.25, -0.2) is 0 Å². The number of nitrogen functional groups attached to an aromatic ring is 1. The van der Waals surface area contributed by atoms with Crippen molar-refractivity contribution in [3.05, 3.63) is 23.8 Å². The quantitative estimate of drug-likeness (QED) is 0.732. The normalized spacial score (nSPS) is 17.1. The molecule has 1 aliphatic rings. The monoisotopic (exact) mass is 215 g/mol. The maximum atomic E-state index is 8.78. The van der Waals surface area contributed by atoms with E-state index in [1.165, 1.54) is 12.8 Å². The van der Waals surface area contributed by atoms with E-state index in [1.807, 2.05) is 12.1 Å². The van der Waals surface area contributed by atoms with Crippen molar-refractivity contribution in [2.75, 3.05) is 23.7 Å². The zero-order valence-corrected chi connectivity index (χ0v) is 9.61. The highest BCUT2D eigenvalue weighted by Gasteiger charge is 2.17. The predicted octanol–water partition coefficient (Wildman–Crippen LogP) is 2.38. The highest BCUT2D eigenvalue weighted by atomic mass is 15.1. The molecule has 0 bridgehead atoms. The summed E-state index contributed by atoms with van der Waals surface area (Å²) in [5.74, 6) is 0.816. The molecule has 0 unspecified atom stereocenters. The van der Waals surface area contributed by atoms with Gasteiger partial charge in [0.1, 0.15) is 0 Å². The lowest BCUT2D eigenvalue weighted by atomic mass is 9.98. The maximum Gasteiger partial charge on any atom is 0.0992 e. The van der Waals surface area contributed by atoms with Gasteiger partial charge in [-0.15, -0.1) is 0 Å². The van der Waals surface area contributed by atoms with Crippen LogP contribution in [0.4, 0.5) is 11.4 Å². The molecule has 0 aromatic heterocycles. The second-order valence-corrected chi connectivity index (χ2v) is 4.55. The van der Waals surface area contributed by atoms with Crippen molar-refractivity contribution in [1.29, 1.82) is 5.26 Å². The van der Waals surface area contributed by atoms with Gasteiger partial charge in [0.05, 0.1) is 23.0 Å². The molecule has 0 radical (unpaired) electrons. The standard InChI is InChI=1S/C13H17N3/c1-10-4-6-16(7-5-10)13-3-2-11(9-14)8-12(13)15/h2-3,8,10H,4-7,15H2,1H3. The van der Waals surface area contributed by atoms with Crippen LogP contribution in [0.25, 0.3) is 0 Å². The van der Waals surface area contributed by atoms with Gasteiger partial charge >= 0.3 is 0 Å². The molecule has 1 aliphatic heterocycles. The van der Waals surface area contributed by atoms with E-state index in [9.17, 15) is 0 Å². The molecule has 84 valence electrons. The largest absolute Gasteiger partial charge is 0.397 e. The first-order valence-corrected chi connectivity index (χ1v) is 5.75. The molecule has 1 aromatic rings. The minimum atomic E-state index is 0.631. The number of piperidine rings is 1. The van der Waals surface area contributed by atoms with Crippen molar-refractivity contribution >= 4 is 11.4 Å². The summed E-state index contributed by atoms with van der Waals surface area (Å²) in [7, 11) is 0. The topological polar surface area (TPSA) is 53.0 Å². The molecule has 2 rings (SSSR count). The summed E-state index contributed by atoms with van der Waals surface area (Å²) in [5, 5.41) is 8.78. The Hall–Kier alpha value is -1.69. The Balaban J connectivity index is 2.18. The molecule has 0 amide bonds. The molecule has 1 saturated heterocycles. The molecular formula is C13H17N3. The van der Waals surface area contributed by atoms with E-state index < -0.39 is 0 Å². The molecule has 3 heteroatoms. The van der Waals surface area contributed by atoms with Gasteiger partial charge in [-0.1, -0.05) is 6.92 Å². The van der Waals surface area contributed by atoms with E-state index in [0.29, 0.717) is 11.3 Å². The number of hydrogen-bond donors (Lipinski definition) is 1. The lowest BCUT2D eigenvalue weighted by Crippen LogP contribution is -2.33. The van der Waals surface area contributed by atoms with Crippen LogP contribution in [0.3, 0.4) is 0 Å². The van der Waals surface area contributed by atoms with Gasteiger partial charge in [0.25, 0.3) is 0 Å². The molecule has 1 heterocycles. The van der Waals surface area contributed by atoms with E-state index in [0.717, 1.165) is 24.7 Å². The first-order valence-electron chi connectivity index (χ1n) is 5.75. The van der Waals surface area contributed by atoms with Gasteiger partial charge in [0.15, 0.2) is 0 Å². The number of nitrogens with zero attached hydrogens (tertiary/aromatic N) is 2. The van der Waals surface area contributed by atoms with Gasteiger partial charge in [-0.05, 0) is 37.0 Å².